The van der Waals surface area contributed by atoms with Crippen LogP contribution in [0.4, 0.5) is 0 Å². The lowest BCUT2D eigenvalue weighted by Crippen LogP contribution is -2.44. The fourth-order valence-corrected chi connectivity index (χ4v) is 2.72. The van der Waals surface area contributed by atoms with Gasteiger partial charge in [-0.3, -0.25) is 9.69 Å². The van der Waals surface area contributed by atoms with E-state index in [9.17, 15) is 4.79 Å². The minimum absolute atomic E-state index is 0.211. The van der Waals surface area contributed by atoms with Crippen LogP contribution in [-0.2, 0) is 11.3 Å². The number of para-hydroxylation sites is 1. The van der Waals surface area contributed by atoms with Gasteiger partial charge >= 0.3 is 0 Å². The lowest BCUT2D eigenvalue weighted by molar-refractivity contribution is -0.120. The molecule has 5 nitrogen and oxygen atoms in total. The molecule has 3 rings (SSSR count). The summed E-state index contributed by atoms with van der Waals surface area (Å²) in [7, 11) is 0. The predicted molar refractivity (Wildman–Crippen MR) is 81.0 cm³/mol. The Morgan fingerprint density at radius 3 is 3.00 bits per heavy atom. The molecule has 1 atom stereocenters. The van der Waals surface area contributed by atoms with Crippen molar-refractivity contribution in [3.63, 3.8) is 0 Å². The van der Waals surface area contributed by atoms with Crippen molar-refractivity contribution in [2.75, 3.05) is 19.7 Å². The molecule has 0 bridgehead atoms. The number of carbonyl (C=O) groups is 1. The smallest absolute Gasteiger partial charge is 0.234 e. The second-order valence-electron chi connectivity index (χ2n) is 5.92. The standard InChI is InChI=1S/C16H23N3O2/c17-16(20)14(18-13-5-6-13)7-8-19-9-10-21-15-4-2-1-3-12(15)11-19/h1-4,13-14,18H,5-11H2,(H2,17,20). The maximum atomic E-state index is 11.5. The van der Waals surface area contributed by atoms with Gasteiger partial charge in [-0.2, -0.15) is 0 Å². The van der Waals surface area contributed by atoms with E-state index in [0.717, 1.165) is 44.6 Å². The van der Waals surface area contributed by atoms with Crippen LogP contribution < -0.4 is 15.8 Å². The molecule has 21 heavy (non-hydrogen) atoms. The van der Waals surface area contributed by atoms with E-state index in [4.69, 9.17) is 10.5 Å². The number of hydrogen-bond acceptors (Lipinski definition) is 4. The Labute approximate surface area is 125 Å². The third-order valence-electron chi connectivity index (χ3n) is 4.12. The summed E-state index contributed by atoms with van der Waals surface area (Å²) >= 11 is 0. The summed E-state index contributed by atoms with van der Waals surface area (Å²) in [6.07, 6.45) is 3.08. The topological polar surface area (TPSA) is 67.6 Å². The normalized spacial score (nSPS) is 20.2. The molecule has 2 aliphatic rings. The number of amides is 1. The predicted octanol–water partition coefficient (Wildman–Crippen LogP) is 0.877. The van der Waals surface area contributed by atoms with Gasteiger partial charge in [0.2, 0.25) is 5.91 Å². The lowest BCUT2D eigenvalue weighted by Gasteiger charge is -2.22. The number of rotatable bonds is 6. The van der Waals surface area contributed by atoms with E-state index in [1.807, 2.05) is 18.2 Å². The average Bonchev–Trinajstić information content (AvgIpc) is 3.29. The van der Waals surface area contributed by atoms with Crippen LogP contribution in [0.1, 0.15) is 24.8 Å². The van der Waals surface area contributed by atoms with Crippen LogP contribution in [0.5, 0.6) is 5.75 Å². The number of fused-ring (bicyclic) bond motifs is 1. The molecule has 1 heterocycles. The molecule has 1 aromatic rings. The Morgan fingerprint density at radius 1 is 1.43 bits per heavy atom. The number of ether oxygens (including phenoxy) is 1. The van der Waals surface area contributed by atoms with Gasteiger partial charge in [0.1, 0.15) is 12.4 Å². The lowest BCUT2D eigenvalue weighted by atomic mass is 10.1. The number of hydrogen-bond donors (Lipinski definition) is 2. The van der Waals surface area contributed by atoms with Gasteiger partial charge in [-0.15, -0.1) is 0 Å². The van der Waals surface area contributed by atoms with Crippen molar-refractivity contribution in [1.82, 2.24) is 10.2 Å². The third kappa shape index (κ3) is 3.95. The summed E-state index contributed by atoms with van der Waals surface area (Å²) in [5.74, 6) is 0.732. The van der Waals surface area contributed by atoms with E-state index >= 15 is 0 Å². The van der Waals surface area contributed by atoms with Crippen molar-refractivity contribution in [2.45, 2.75) is 37.9 Å². The third-order valence-corrected chi connectivity index (χ3v) is 4.12. The Hall–Kier alpha value is -1.59. The zero-order valence-corrected chi connectivity index (χ0v) is 12.3. The summed E-state index contributed by atoms with van der Waals surface area (Å²) in [4.78, 5) is 13.8. The largest absolute Gasteiger partial charge is 0.492 e. The van der Waals surface area contributed by atoms with E-state index in [1.54, 1.807) is 0 Å². The highest BCUT2D eigenvalue weighted by Crippen LogP contribution is 2.23. The molecule has 3 N–H and O–H groups in total. The van der Waals surface area contributed by atoms with Gasteiger partial charge < -0.3 is 15.8 Å². The molecule has 5 heteroatoms. The second-order valence-corrected chi connectivity index (χ2v) is 5.92. The fraction of sp³-hybridized carbons (Fsp3) is 0.562. The van der Waals surface area contributed by atoms with Crippen molar-refractivity contribution in [2.24, 2.45) is 5.73 Å². The van der Waals surface area contributed by atoms with Crippen molar-refractivity contribution in [3.05, 3.63) is 29.8 Å². The van der Waals surface area contributed by atoms with Crippen LogP contribution in [-0.4, -0.2) is 42.6 Å². The zero-order chi connectivity index (χ0) is 14.7. The van der Waals surface area contributed by atoms with Gasteiger partial charge in [0.05, 0.1) is 6.04 Å². The van der Waals surface area contributed by atoms with Crippen molar-refractivity contribution in [3.8, 4) is 5.75 Å². The van der Waals surface area contributed by atoms with Crippen LogP contribution in [0.3, 0.4) is 0 Å². The molecular formula is C16H23N3O2. The Balaban J connectivity index is 1.55. The number of nitrogens with zero attached hydrogens (tertiary/aromatic N) is 1. The molecule has 0 radical (unpaired) electrons. The molecule has 0 aromatic heterocycles. The maximum Gasteiger partial charge on any atom is 0.234 e. The van der Waals surface area contributed by atoms with Gasteiger partial charge in [-0.1, -0.05) is 18.2 Å². The zero-order valence-electron chi connectivity index (χ0n) is 12.3. The molecule has 1 aliphatic carbocycles. The molecule has 1 saturated carbocycles. The van der Waals surface area contributed by atoms with E-state index < -0.39 is 0 Å². The Bertz CT molecular complexity index is 502. The van der Waals surface area contributed by atoms with Crippen LogP contribution in [0.2, 0.25) is 0 Å². The molecule has 0 spiro atoms. The van der Waals surface area contributed by atoms with Crippen molar-refractivity contribution in [1.29, 1.82) is 0 Å². The molecule has 1 amide bonds. The van der Waals surface area contributed by atoms with E-state index in [1.165, 1.54) is 5.56 Å². The van der Waals surface area contributed by atoms with Gasteiger partial charge in [0.25, 0.3) is 0 Å². The number of nitrogens with one attached hydrogen (secondary N) is 1. The molecule has 114 valence electrons. The summed E-state index contributed by atoms with van der Waals surface area (Å²) < 4.78 is 5.76. The average molecular weight is 289 g/mol. The van der Waals surface area contributed by atoms with E-state index in [2.05, 4.69) is 16.3 Å². The molecule has 1 aromatic carbocycles. The molecule has 0 saturated heterocycles. The van der Waals surface area contributed by atoms with Crippen LogP contribution in [0, 0.1) is 0 Å². The highest BCUT2D eigenvalue weighted by molar-refractivity contribution is 5.79. The van der Waals surface area contributed by atoms with Crippen LogP contribution >= 0.6 is 0 Å². The SMILES string of the molecule is NC(=O)C(CCN1CCOc2ccccc2C1)NC1CC1. The quantitative estimate of drug-likeness (QED) is 0.816. The minimum Gasteiger partial charge on any atom is -0.492 e. The van der Waals surface area contributed by atoms with Crippen LogP contribution in [0.15, 0.2) is 24.3 Å². The number of primary amides is 1. The maximum absolute atomic E-state index is 11.5. The van der Waals surface area contributed by atoms with Crippen molar-refractivity contribution >= 4 is 5.91 Å². The van der Waals surface area contributed by atoms with Gasteiger partial charge in [-0.25, -0.2) is 0 Å². The molecular weight excluding hydrogens is 266 g/mol. The molecule has 1 aliphatic heterocycles. The number of benzene rings is 1. The second kappa shape index (κ2) is 6.45. The highest BCUT2D eigenvalue weighted by atomic mass is 16.5. The molecule has 1 fully saturated rings. The van der Waals surface area contributed by atoms with E-state index in [-0.39, 0.29) is 11.9 Å². The summed E-state index contributed by atoms with van der Waals surface area (Å²) in [5.41, 5.74) is 6.70. The first-order valence-corrected chi connectivity index (χ1v) is 7.71. The highest BCUT2D eigenvalue weighted by Gasteiger charge is 2.27. The number of carbonyl (C=O) groups excluding carboxylic acids is 1. The minimum atomic E-state index is -0.242. The van der Waals surface area contributed by atoms with Crippen LogP contribution in [0.25, 0.3) is 0 Å². The first-order chi connectivity index (χ1) is 10.2. The van der Waals surface area contributed by atoms with Gasteiger partial charge in [0, 0.05) is 31.2 Å². The first-order valence-electron chi connectivity index (χ1n) is 7.71. The Kier molecular flexibility index (Phi) is 4.41. The van der Waals surface area contributed by atoms with Crippen molar-refractivity contribution < 1.29 is 9.53 Å². The number of nitrogens with two attached hydrogens (primary N) is 1. The summed E-state index contributed by atoms with van der Waals surface area (Å²) in [6, 6.07) is 8.43. The first kappa shape index (κ1) is 14.4. The summed E-state index contributed by atoms with van der Waals surface area (Å²) in [6.45, 7) is 3.29. The van der Waals surface area contributed by atoms with Gasteiger partial charge in [-0.05, 0) is 25.3 Å². The molecule has 1 unspecified atom stereocenters. The van der Waals surface area contributed by atoms with Gasteiger partial charge in [0.15, 0.2) is 0 Å². The monoisotopic (exact) mass is 289 g/mol. The Morgan fingerprint density at radius 2 is 2.24 bits per heavy atom. The fourth-order valence-electron chi connectivity index (χ4n) is 2.72. The van der Waals surface area contributed by atoms with E-state index in [0.29, 0.717) is 12.6 Å². The summed E-state index contributed by atoms with van der Waals surface area (Å²) in [5, 5.41) is 3.33.